The maximum absolute atomic E-state index is 9.02. The Morgan fingerprint density at radius 1 is 1.03 bits per heavy atom. The van der Waals surface area contributed by atoms with Crippen LogP contribution in [-0.4, -0.2) is 50.3 Å². The SMILES string of the molecule is [C-]#[N+][C@@](c1ccccc1)(C1CCN(CC2CN(c3ccc(C#N)cc3)C2)CC1)[C@H]1CCC[C@@H]1OCC. The van der Waals surface area contributed by atoms with E-state index in [0.717, 1.165) is 77.0 Å². The van der Waals surface area contributed by atoms with Gasteiger partial charge in [-0.15, -0.1) is 0 Å². The average molecular weight is 483 g/mol. The predicted molar refractivity (Wildman–Crippen MR) is 144 cm³/mol. The molecule has 0 N–H and O–H groups in total. The van der Waals surface area contributed by atoms with E-state index in [-0.39, 0.29) is 12.0 Å². The molecule has 2 aromatic carbocycles. The van der Waals surface area contributed by atoms with Crippen molar-refractivity contribution in [1.29, 1.82) is 5.26 Å². The lowest BCUT2D eigenvalue weighted by atomic mass is 9.65. The van der Waals surface area contributed by atoms with Gasteiger partial charge < -0.3 is 19.4 Å². The Morgan fingerprint density at radius 2 is 1.75 bits per heavy atom. The summed E-state index contributed by atoms with van der Waals surface area (Å²) >= 11 is 0. The van der Waals surface area contributed by atoms with Crippen molar-refractivity contribution in [2.75, 3.05) is 44.2 Å². The third-order valence-corrected chi connectivity index (χ3v) is 8.86. The summed E-state index contributed by atoms with van der Waals surface area (Å²) in [5, 5.41) is 9.02. The van der Waals surface area contributed by atoms with Crippen LogP contribution in [-0.2, 0) is 10.3 Å². The third kappa shape index (κ3) is 4.75. The van der Waals surface area contributed by atoms with E-state index < -0.39 is 5.54 Å². The minimum atomic E-state index is -0.480. The Balaban J connectivity index is 1.22. The topological polar surface area (TPSA) is 43.9 Å². The fourth-order valence-corrected chi connectivity index (χ4v) is 7.10. The van der Waals surface area contributed by atoms with Crippen molar-refractivity contribution < 1.29 is 4.74 Å². The van der Waals surface area contributed by atoms with Gasteiger partial charge in [0.15, 0.2) is 0 Å². The van der Waals surface area contributed by atoms with Crippen LogP contribution in [0.25, 0.3) is 4.85 Å². The fraction of sp³-hybridized carbons (Fsp3) is 0.548. The summed E-state index contributed by atoms with van der Waals surface area (Å²) in [4.78, 5) is 9.56. The van der Waals surface area contributed by atoms with Gasteiger partial charge in [0.25, 0.3) is 5.54 Å². The molecular formula is C31H38N4O. The summed E-state index contributed by atoms with van der Waals surface area (Å²) in [7, 11) is 0. The van der Waals surface area contributed by atoms with Crippen LogP contribution in [0.3, 0.4) is 0 Å². The van der Waals surface area contributed by atoms with E-state index in [9.17, 15) is 0 Å². The fourth-order valence-electron chi connectivity index (χ4n) is 7.10. The Hall–Kier alpha value is -2.86. The highest BCUT2D eigenvalue weighted by Crippen LogP contribution is 2.52. The molecule has 36 heavy (non-hydrogen) atoms. The summed E-state index contributed by atoms with van der Waals surface area (Å²) < 4.78 is 6.22. The minimum absolute atomic E-state index is 0.200. The first-order valence-corrected chi connectivity index (χ1v) is 13.7. The Morgan fingerprint density at radius 3 is 2.39 bits per heavy atom. The molecule has 3 fully saturated rings. The van der Waals surface area contributed by atoms with Gasteiger partial charge in [0.05, 0.1) is 23.7 Å². The van der Waals surface area contributed by atoms with Gasteiger partial charge in [-0.25, -0.2) is 6.57 Å². The second-order valence-electron chi connectivity index (χ2n) is 10.8. The smallest absolute Gasteiger partial charge is 0.265 e. The van der Waals surface area contributed by atoms with Gasteiger partial charge in [-0.1, -0.05) is 36.8 Å². The first-order valence-electron chi connectivity index (χ1n) is 13.7. The first-order chi connectivity index (χ1) is 17.7. The highest BCUT2D eigenvalue weighted by Gasteiger charge is 2.58. The number of benzene rings is 2. The van der Waals surface area contributed by atoms with E-state index >= 15 is 0 Å². The summed E-state index contributed by atoms with van der Waals surface area (Å²) in [6.45, 7) is 16.8. The molecule has 3 aliphatic rings. The molecule has 2 heterocycles. The van der Waals surface area contributed by atoms with Gasteiger partial charge in [-0.3, -0.25) is 0 Å². The zero-order valence-corrected chi connectivity index (χ0v) is 21.5. The number of nitrogens with zero attached hydrogens (tertiary/aromatic N) is 4. The van der Waals surface area contributed by atoms with E-state index in [0.29, 0.717) is 11.8 Å². The van der Waals surface area contributed by atoms with Crippen molar-refractivity contribution in [1.82, 2.24) is 4.90 Å². The lowest BCUT2D eigenvalue weighted by Gasteiger charge is -2.46. The standard InChI is InChI=1S/C31H38N4O/c1-3-36-30-11-7-10-29(30)31(33-2,26-8-5-4-6-9-26)27-16-18-34(19-17-27)21-25-22-35(23-25)28-14-12-24(20-32)13-15-28/h4-6,8-9,12-15,25,27,29-30H,3,7,10-11,16-19,21-23H2,1H3/t29-,30-,31-/m0/s1. The van der Waals surface area contributed by atoms with Crippen molar-refractivity contribution in [3.8, 4) is 6.07 Å². The monoisotopic (exact) mass is 482 g/mol. The molecule has 2 aliphatic heterocycles. The lowest BCUT2D eigenvalue weighted by molar-refractivity contribution is -0.00555. The van der Waals surface area contributed by atoms with E-state index in [4.69, 9.17) is 16.6 Å². The number of anilines is 1. The summed E-state index contributed by atoms with van der Waals surface area (Å²) in [5.41, 5.74) is 2.66. The van der Waals surface area contributed by atoms with Crippen molar-refractivity contribution in [2.45, 2.75) is 50.7 Å². The molecular weight excluding hydrogens is 444 g/mol. The van der Waals surface area contributed by atoms with Gasteiger partial charge in [0, 0.05) is 49.3 Å². The maximum Gasteiger partial charge on any atom is 0.265 e. The molecule has 0 radical (unpaired) electrons. The van der Waals surface area contributed by atoms with Crippen LogP contribution in [0.4, 0.5) is 5.69 Å². The van der Waals surface area contributed by atoms with Gasteiger partial charge in [0.2, 0.25) is 0 Å². The van der Waals surface area contributed by atoms with E-state index in [1.807, 2.05) is 12.1 Å². The number of rotatable bonds is 8. The Bertz CT molecular complexity index is 1070. The molecule has 0 amide bonds. The largest absolute Gasteiger partial charge is 0.378 e. The van der Waals surface area contributed by atoms with Crippen LogP contribution in [0.5, 0.6) is 0 Å². The summed E-state index contributed by atoms with van der Waals surface area (Å²) in [6.07, 6.45) is 5.70. The van der Waals surface area contributed by atoms with Crippen LogP contribution in [0.15, 0.2) is 54.6 Å². The normalized spacial score (nSPS) is 25.0. The highest BCUT2D eigenvalue weighted by molar-refractivity contribution is 5.51. The van der Waals surface area contributed by atoms with Crippen LogP contribution in [0.1, 0.15) is 50.2 Å². The molecule has 0 aromatic heterocycles. The van der Waals surface area contributed by atoms with E-state index in [1.54, 1.807) is 0 Å². The zero-order valence-electron chi connectivity index (χ0n) is 21.5. The van der Waals surface area contributed by atoms with Crippen LogP contribution in [0, 0.1) is 35.7 Å². The second kappa shape index (κ2) is 11.0. The van der Waals surface area contributed by atoms with E-state index in [2.05, 4.69) is 70.1 Å². The molecule has 2 saturated heterocycles. The molecule has 5 rings (SSSR count). The Labute approximate surface area is 216 Å². The second-order valence-corrected chi connectivity index (χ2v) is 10.8. The molecule has 188 valence electrons. The highest BCUT2D eigenvalue weighted by atomic mass is 16.5. The van der Waals surface area contributed by atoms with Crippen molar-refractivity contribution in [3.63, 3.8) is 0 Å². The number of hydrogen-bond donors (Lipinski definition) is 0. The number of hydrogen-bond acceptors (Lipinski definition) is 4. The van der Waals surface area contributed by atoms with Crippen molar-refractivity contribution in [2.24, 2.45) is 17.8 Å². The lowest BCUT2D eigenvalue weighted by Crippen LogP contribution is -2.54. The third-order valence-electron chi connectivity index (χ3n) is 8.86. The van der Waals surface area contributed by atoms with Crippen molar-refractivity contribution >= 4 is 5.69 Å². The maximum atomic E-state index is 9.02. The van der Waals surface area contributed by atoms with Crippen LogP contribution in [0.2, 0.25) is 0 Å². The average Bonchev–Trinajstić information content (AvgIpc) is 3.37. The van der Waals surface area contributed by atoms with Gasteiger partial charge in [-0.2, -0.15) is 5.26 Å². The number of ether oxygens (including phenoxy) is 1. The number of likely N-dealkylation sites (tertiary alicyclic amines) is 1. The van der Waals surface area contributed by atoms with Crippen LogP contribution >= 0.6 is 0 Å². The zero-order chi connectivity index (χ0) is 25.0. The molecule has 3 atom stereocenters. The van der Waals surface area contributed by atoms with Gasteiger partial charge in [0.1, 0.15) is 0 Å². The first kappa shape index (κ1) is 24.8. The summed E-state index contributed by atoms with van der Waals surface area (Å²) in [5.74, 6) is 1.34. The quantitative estimate of drug-likeness (QED) is 0.451. The molecule has 0 unspecified atom stereocenters. The number of piperidine rings is 1. The molecule has 5 nitrogen and oxygen atoms in total. The molecule has 2 aromatic rings. The van der Waals surface area contributed by atoms with Crippen LogP contribution < -0.4 is 4.90 Å². The van der Waals surface area contributed by atoms with Crippen molar-refractivity contribution in [3.05, 3.63) is 77.1 Å². The molecule has 1 saturated carbocycles. The molecule has 5 heteroatoms. The summed E-state index contributed by atoms with van der Waals surface area (Å²) in [6, 6.07) is 20.8. The molecule has 0 spiro atoms. The van der Waals surface area contributed by atoms with Gasteiger partial charge in [-0.05, 0) is 70.0 Å². The molecule has 1 aliphatic carbocycles. The number of nitriles is 1. The van der Waals surface area contributed by atoms with Gasteiger partial charge >= 0.3 is 0 Å². The Kier molecular flexibility index (Phi) is 7.61. The molecule has 0 bridgehead atoms. The van der Waals surface area contributed by atoms with E-state index in [1.165, 1.54) is 11.3 Å². The minimum Gasteiger partial charge on any atom is -0.378 e. The predicted octanol–water partition coefficient (Wildman–Crippen LogP) is 5.73.